The molecule has 1 heterocycles. The van der Waals surface area contributed by atoms with Gasteiger partial charge in [0.05, 0.1) is 13.2 Å². The summed E-state index contributed by atoms with van der Waals surface area (Å²) >= 11 is 1.56. The fraction of sp³-hybridized carbons (Fsp3) is 0.412. The predicted octanol–water partition coefficient (Wildman–Crippen LogP) is 5.00. The van der Waals surface area contributed by atoms with Gasteiger partial charge in [0.1, 0.15) is 6.04 Å². The van der Waals surface area contributed by atoms with Gasteiger partial charge in [-0.15, -0.1) is 0 Å². The molecule has 1 amide bonds. The second-order valence-electron chi connectivity index (χ2n) is 10.1. The van der Waals surface area contributed by atoms with Gasteiger partial charge >= 0.3 is 5.97 Å². The molecule has 0 spiro atoms. The average molecular weight is 611 g/mol. The fourth-order valence-corrected chi connectivity index (χ4v) is 5.60. The number of thioether (sulfide) groups is 1. The number of likely N-dealkylation sites (tertiary alicyclic amines) is 1. The van der Waals surface area contributed by atoms with Crippen LogP contribution in [0, 0.1) is 6.92 Å². The number of benzene rings is 3. The lowest BCUT2D eigenvalue weighted by Gasteiger charge is -2.25. The van der Waals surface area contributed by atoms with Crippen molar-refractivity contribution < 1.29 is 29.6 Å². The Kier molecular flexibility index (Phi) is 16.6. The molecule has 0 aliphatic carbocycles. The van der Waals surface area contributed by atoms with Gasteiger partial charge in [-0.3, -0.25) is 9.69 Å². The van der Waals surface area contributed by atoms with E-state index in [9.17, 15) is 14.7 Å². The van der Waals surface area contributed by atoms with E-state index in [2.05, 4.69) is 28.4 Å². The number of rotatable bonds is 13. The predicted molar refractivity (Wildman–Crippen MR) is 174 cm³/mol. The molecule has 1 fully saturated rings. The molecule has 2 unspecified atom stereocenters. The maximum atomic E-state index is 13.4. The van der Waals surface area contributed by atoms with Crippen LogP contribution >= 0.6 is 11.8 Å². The van der Waals surface area contributed by atoms with Gasteiger partial charge < -0.3 is 25.4 Å². The summed E-state index contributed by atoms with van der Waals surface area (Å²) in [6, 6.07) is 23.6. The van der Waals surface area contributed by atoms with Crippen LogP contribution < -0.4 is 5.32 Å². The number of aliphatic hydroxyl groups excluding tert-OH is 2. The van der Waals surface area contributed by atoms with E-state index in [1.807, 2.05) is 67.8 Å². The maximum Gasteiger partial charge on any atom is 0.326 e. The van der Waals surface area contributed by atoms with E-state index in [1.165, 1.54) is 5.56 Å². The number of nitrogens with zero attached hydrogens (tertiary/aromatic N) is 1. The van der Waals surface area contributed by atoms with Crippen molar-refractivity contribution >= 4 is 23.6 Å². The summed E-state index contributed by atoms with van der Waals surface area (Å²) < 4.78 is 6.07. The van der Waals surface area contributed by atoms with Gasteiger partial charge in [-0.2, -0.15) is 11.8 Å². The summed E-state index contributed by atoms with van der Waals surface area (Å²) in [5, 5.41) is 26.4. The Morgan fingerprint density at radius 3 is 2.35 bits per heavy atom. The number of hydrogen-bond acceptors (Lipinski definition) is 7. The molecule has 0 radical (unpaired) electrons. The minimum absolute atomic E-state index is 0.353. The second-order valence-corrected chi connectivity index (χ2v) is 11.1. The van der Waals surface area contributed by atoms with Crippen molar-refractivity contribution in [2.24, 2.45) is 0 Å². The Bertz CT molecular complexity index is 1260. The number of carboxylic acid groups (broad SMARTS) is 1. The molecule has 0 bridgehead atoms. The summed E-state index contributed by atoms with van der Waals surface area (Å²) in [4.78, 5) is 27.6. The molecule has 1 saturated heterocycles. The van der Waals surface area contributed by atoms with Crippen LogP contribution in [0.15, 0.2) is 72.8 Å². The molecule has 0 saturated carbocycles. The number of ether oxygens (including phenoxy) is 1. The third-order valence-electron chi connectivity index (χ3n) is 7.28. The van der Waals surface area contributed by atoms with Crippen molar-refractivity contribution in [1.29, 1.82) is 0 Å². The van der Waals surface area contributed by atoms with E-state index in [1.54, 1.807) is 11.8 Å². The van der Waals surface area contributed by atoms with E-state index >= 15 is 0 Å². The third kappa shape index (κ3) is 11.1. The van der Waals surface area contributed by atoms with Crippen LogP contribution in [0.5, 0.6) is 0 Å². The van der Waals surface area contributed by atoms with E-state index in [0.29, 0.717) is 37.0 Å². The van der Waals surface area contributed by atoms with Crippen molar-refractivity contribution in [3.63, 3.8) is 0 Å². The first-order valence-corrected chi connectivity index (χ1v) is 15.8. The minimum atomic E-state index is -1.01. The first-order valence-electron chi connectivity index (χ1n) is 14.4. The lowest BCUT2D eigenvalue weighted by molar-refractivity contribution is -0.139. The van der Waals surface area contributed by atoms with Gasteiger partial charge in [0.15, 0.2) is 0 Å². The van der Waals surface area contributed by atoms with E-state index in [0.717, 1.165) is 62.4 Å². The van der Waals surface area contributed by atoms with E-state index in [-0.39, 0.29) is 5.91 Å². The van der Waals surface area contributed by atoms with Gasteiger partial charge in [0.25, 0.3) is 5.91 Å². The maximum absolute atomic E-state index is 13.4. The topological polar surface area (TPSA) is 119 Å². The van der Waals surface area contributed by atoms with Crippen molar-refractivity contribution in [1.82, 2.24) is 10.2 Å². The number of carboxylic acids is 1. The highest BCUT2D eigenvalue weighted by atomic mass is 32.2. The highest BCUT2D eigenvalue weighted by molar-refractivity contribution is 7.98. The molecule has 3 aromatic rings. The highest BCUT2D eigenvalue weighted by Crippen LogP contribution is 2.30. The molecule has 0 aromatic heterocycles. The Labute approximate surface area is 260 Å². The highest BCUT2D eigenvalue weighted by Gasteiger charge is 2.26. The van der Waals surface area contributed by atoms with E-state index < -0.39 is 12.0 Å². The summed E-state index contributed by atoms with van der Waals surface area (Å²) in [7, 11) is 2.00. The quantitative estimate of drug-likeness (QED) is 0.214. The van der Waals surface area contributed by atoms with Crippen LogP contribution in [-0.2, 0) is 22.7 Å². The monoisotopic (exact) mass is 610 g/mol. The number of amides is 1. The Balaban J connectivity index is 0.00000155. The molecule has 9 heteroatoms. The number of aliphatic carboxylic acids is 1. The molecule has 234 valence electrons. The first-order chi connectivity index (χ1) is 21.0. The molecule has 1 aliphatic rings. The number of carbonyl (C=O) groups is 2. The SMILES string of the molecule is CO.CO.CSCCC(NC(=O)c1ccc(CN2CCCC2COCc2ccccc2)cc1-c1ccccc1C)C(=O)O. The van der Waals surface area contributed by atoms with Gasteiger partial charge in [-0.1, -0.05) is 60.7 Å². The van der Waals surface area contributed by atoms with Crippen LogP contribution in [0.3, 0.4) is 0 Å². The molecular formula is C34H46N2O6S. The molecule has 43 heavy (non-hydrogen) atoms. The zero-order valence-electron chi connectivity index (χ0n) is 25.7. The Hall–Kier alpha value is -3.21. The summed E-state index contributed by atoms with van der Waals surface area (Å²) in [5.41, 5.74) is 5.66. The van der Waals surface area contributed by atoms with Gasteiger partial charge in [0.2, 0.25) is 0 Å². The zero-order valence-corrected chi connectivity index (χ0v) is 26.5. The number of aliphatic hydroxyl groups is 2. The number of aryl methyl sites for hydroxylation is 1. The molecule has 4 rings (SSSR count). The van der Waals surface area contributed by atoms with Gasteiger partial charge in [-0.05, 0) is 84.7 Å². The molecular weight excluding hydrogens is 564 g/mol. The molecule has 8 nitrogen and oxygen atoms in total. The van der Waals surface area contributed by atoms with E-state index in [4.69, 9.17) is 14.9 Å². The first kappa shape index (κ1) is 36.0. The summed E-state index contributed by atoms with van der Waals surface area (Å²) in [6.07, 6.45) is 4.54. The normalized spacial score (nSPS) is 15.0. The Morgan fingerprint density at radius 1 is 0.977 bits per heavy atom. The molecule has 4 N–H and O–H groups in total. The summed E-state index contributed by atoms with van der Waals surface area (Å²) in [5.74, 6) is -0.713. The lowest BCUT2D eigenvalue weighted by atomic mass is 9.93. The van der Waals surface area contributed by atoms with Crippen LogP contribution in [0.4, 0.5) is 0 Å². The van der Waals surface area contributed by atoms with Crippen molar-refractivity contribution in [3.05, 3.63) is 95.1 Å². The minimum Gasteiger partial charge on any atom is -0.480 e. The standard InChI is InChI=1S/C32H38N2O4S.2CH4O/c1-23-9-6-7-13-27(23)29-19-25(14-15-28(29)31(35)33-30(32(36)37)16-18-39-2)20-34-17-8-12-26(34)22-38-21-24-10-4-3-5-11-24;2*1-2/h3-7,9-11,13-15,19,26,30H,8,12,16-18,20-22H2,1-2H3,(H,33,35)(H,36,37);2*2H,1H3. The van der Waals surface area contributed by atoms with Crippen LogP contribution in [-0.4, -0.2) is 83.6 Å². The van der Waals surface area contributed by atoms with Crippen molar-refractivity contribution in [3.8, 4) is 11.1 Å². The fourth-order valence-electron chi connectivity index (χ4n) is 5.13. The van der Waals surface area contributed by atoms with Crippen LogP contribution in [0.25, 0.3) is 11.1 Å². The molecule has 3 aromatic carbocycles. The third-order valence-corrected chi connectivity index (χ3v) is 7.93. The second kappa shape index (κ2) is 19.9. The van der Waals surface area contributed by atoms with Gasteiger partial charge in [0, 0.05) is 32.4 Å². The van der Waals surface area contributed by atoms with Crippen molar-refractivity contribution in [2.75, 3.05) is 39.4 Å². The zero-order chi connectivity index (χ0) is 31.6. The molecule has 1 aliphatic heterocycles. The molecule has 2 atom stereocenters. The summed E-state index contributed by atoms with van der Waals surface area (Å²) in [6.45, 7) is 5.11. The van der Waals surface area contributed by atoms with Crippen molar-refractivity contribution in [2.45, 2.75) is 51.4 Å². The number of carbonyl (C=O) groups excluding carboxylic acids is 1. The average Bonchev–Trinajstić information content (AvgIpc) is 3.48. The largest absolute Gasteiger partial charge is 0.480 e. The van der Waals surface area contributed by atoms with Crippen LogP contribution in [0.2, 0.25) is 0 Å². The Morgan fingerprint density at radius 2 is 1.67 bits per heavy atom. The number of hydrogen-bond donors (Lipinski definition) is 4. The lowest BCUT2D eigenvalue weighted by Crippen LogP contribution is -2.41. The smallest absolute Gasteiger partial charge is 0.326 e. The number of nitrogens with one attached hydrogen (secondary N) is 1. The van der Waals surface area contributed by atoms with Crippen LogP contribution in [0.1, 0.15) is 46.3 Å². The van der Waals surface area contributed by atoms with Gasteiger partial charge in [-0.25, -0.2) is 4.79 Å².